The number of hydrogen-bond donors (Lipinski definition) is 11. The Morgan fingerprint density at radius 3 is 0.886 bits per heavy atom. The number of aliphatic carboxylic acids is 6. The van der Waals surface area contributed by atoms with E-state index in [1.807, 2.05) is 9.80 Å². The molecule has 30 nitrogen and oxygen atoms in total. The van der Waals surface area contributed by atoms with Crippen LogP contribution < -0.4 is 0 Å². The third-order valence-electron chi connectivity index (χ3n) is 11.3. The third-order valence-corrected chi connectivity index (χ3v) is 12.0. The molecule has 2 aliphatic rings. The molecule has 2 aliphatic heterocycles. The Morgan fingerprint density at radius 2 is 0.671 bits per heavy atom. The third kappa shape index (κ3) is 31.2. The zero-order valence-electron chi connectivity index (χ0n) is 39.3. The molecule has 0 radical (unpaired) electrons. The first-order valence-electron chi connectivity index (χ1n) is 22.5. The number of β-amino-alcohol motifs (C(OH)–C–C–N with tert-alkyl or cyclic N) is 2. The van der Waals surface area contributed by atoms with E-state index in [9.17, 15) is 88.9 Å². The Balaban J connectivity index is 2.25. The quantitative estimate of drug-likeness (QED) is 0.0245. The Labute approximate surface area is 407 Å². The van der Waals surface area contributed by atoms with Gasteiger partial charge in [-0.2, -0.15) is 0 Å². The molecule has 2 saturated heterocycles. The van der Waals surface area contributed by atoms with Crippen LogP contribution in [0, 0.1) is 0 Å². The van der Waals surface area contributed by atoms with Gasteiger partial charge in [-0.3, -0.25) is 82.3 Å². The Hall–Kier alpha value is -3.33. The fourth-order valence-electron chi connectivity index (χ4n) is 7.89. The predicted octanol–water partition coefficient (Wildman–Crippen LogP) is -5.93. The molecule has 0 aromatic heterocycles. The van der Waals surface area contributed by atoms with E-state index in [0.29, 0.717) is 0 Å². The van der Waals surface area contributed by atoms with E-state index in [2.05, 4.69) is 0 Å². The van der Waals surface area contributed by atoms with Gasteiger partial charge in [0.1, 0.15) is 6.73 Å². The Morgan fingerprint density at radius 1 is 0.443 bits per heavy atom. The van der Waals surface area contributed by atoms with E-state index >= 15 is 0 Å². The van der Waals surface area contributed by atoms with Gasteiger partial charge in [0.2, 0.25) is 0 Å². The first-order valence-corrected chi connectivity index (χ1v) is 24.8. The number of aliphatic hydroxyl groups excluding tert-OH is 2. The Bertz CT molecular complexity index is 1560. The second-order valence-electron chi connectivity index (χ2n) is 17.1. The number of nitrogens with zero attached hydrogens (tertiary/aromatic N) is 10. The summed E-state index contributed by atoms with van der Waals surface area (Å²) in [6.07, 6.45) is -2.33. The number of carboxylic acids is 6. The van der Waals surface area contributed by atoms with Crippen LogP contribution >= 0.6 is 16.9 Å². The van der Waals surface area contributed by atoms with Gasteiger partial charge in [-0.05, 0) is 0 Å². The zero-order valence-corrected chi connectivity index (χ0v) is 41.1. The maximum atomic E-state index is 11.7. The van der Waals surface area contributed by atoms with Gasteiger partial charge in [0.05, 0.1) is 51.5 Å². The average molecular weight is 1050 g/mol. The molecule has 404 valence electrons. The summed E-state index contributed by atoms with van der Waals surface area (Å²) in [6.45, 7) is -0.0570. The van der Waals surface area contributed by atoms with Gasteiger partial charge >= 0.3 is 52.7 Å². The van der Waals surface area contributed by atoms with Crippen LogP contribution in [0.3, 0.4) is 0 Å². The number of hydrogen-bond acceptors (Lipinski definition) is 23. The monoisotopic (exact) mass is 1050 g/mol. The summed E-state index contributed by atoms with van der Waals surface area (Å²) in [6, 6.07) is 0. The van der Waals surface area contributed by atoms with Crippen LogP contribution in [-0.4, -0.2) is 349 Å². The van der Waals surface area contributed by atoms with Crippen molar-refractivity contribution in [3.8, 4) is 0 Å². The van der Waals surface area contributed by atoms with Crippen molar-refractivity contribution in [2.75, 3.05) is 197 Å². The number of aliphatic hydroxyl groups is 2. The predicted molar refractivity (Wildman–Crippen MR) is 246 cm³/mol. The summed E-state index contributed by atoms with van der Waals surface area (Å²) in [5.74, 6) is -6.60. The highest BCUT2D eigenvalue weighted by Crippen LogP contribution is 2.24. The van der Waals surface area contributed by atoms with Crippen LogP contribution in [0.5, 0.6) is 0 Å². The van der Waals surface area contributed by atoms with Crippen molar-refractivity contribution in [3.05, 3.63) is 0 Å². The van der Waals surface area contributed by atoms with Crippen molar-refractivity contribution in [2.24, 2.45) is 0 Å². The molecule has 0 bridgehead atoms. The largest absolute Gasteiger partial charge is 0.696 e. The highest BCUT2D eigenvalue weighted by atomic mass is 31.2. The molecule has 2 fully saturated rings. The number of carbonyl (C=O) groups is 6. The van der Waals surface area contributed by atoms with Crippen LogP contribution in [0.1, 0.15) is 0 Å². The lowest BCUT2D eigenvalue weighted by atomic mass is 10.2. The molecule has 0 spiro atoms. The SMILES string of the molecule is O=C(O)CN1CCN(CC(=O)O)CCN(CC(O)CN(CCN(CO[P+](=O)O)CC(O)CN2CCN(CC(=O)O)CCN(CC(=O)O)CCN(CC(=O)O)CC2)COP(O)O)CCN(CC(=O)O)CC1. The molecular weight excluding hydrogens is 978 g/mol. The van der Waals surface area contributed by atoms with Gasteiger partial charge in [0.25, 0.3) is 0 Å². The maximum Gasteiger partial charge on any atom is 0.696 e. The minimum Gasteiger partial charge on any atom is -0.480 e. The second-order valence-corrected chi connectivity index (χ2v) is 18.6. The highest BCUT2D eigenvalue weighted by molar-refractivity contribution is 7.39. The Kier molecular flexibility index (Phi) is 31.3. The molecule has 2 rings (SSSR count). The normalized spacial score (nSPS) is 19.7. The van der Waals surface area contributed by atoms with Crippen molar-refractivity contribution < 1.29 is 97.9 Å². The molecule has 11 N–H and O–H groups in total. The summed E-state index contributed by atoms with van der Waals surface area (Å²) in [7, 11) is -5.95. The van der Waals surface area contributed by atoms with Crippen molar-refractivity contribution in [1.82, 2.24) is 49.0 Å². The van der Waals surface area contributed by atoms with E-state index in [1.165, 1.54) is 9.80 Å². The smallest absolute Gasteiger partial charge is 0.480 e. The summed E-state index contributed by atoms with van der Waals surface area (Å²) < 4.78 is 21.7. The van der Waals surface area contributed by atoms with E-state index in [1.54, 1.807) is 29.4 Å². The van der Waals surface area contributed by atoms with Gasteiger partial charge < -0.3 is 50.6 Å². The first-order chi connectivity index (χ1) is 33.0. The zero-order chi connectivity index (χ0) is 52.2. The lowest BCUT2D eigenvalue weighted by molar-refractivity contribution is -0.140. The summed E-state index contributed by atoms with van der Waals surface area (Å²) in [4.78, 5) is 115. The fourth-order valence-corrected chi connectivity index (χ4v) is 8.42. The van der Waals surface area contributed by atoms with E-state index in [0.717, 1.165) is 0 Å². The van der Waals surface area contributed by atoms with E-state index in [4.69, 9.17) is 9.05 Å². The average Bonchev–Trinajstić information content (AvgIpc) is 3.24. The summed E-state index contributed by atoms with van der Waals surface area (Å²) in [5.41, 5.74) is 0. The molecule has 0 aromatic carbocycles. The lowest BCUT2D eigenvalue weighted by Gasteiger charge is -2.35. The molecule has 3 unspecified atom stereocenters. The minimum absolute atomic E-state index is 0.00105. The molecule has 0 saturated carbocycles. The van der Waals surface area contributed by atoms with Crippen molar-refractivity contribution in [2.45, 2.75) is 12.2 Å². The number of carboxylic acid groups (broad SMARTS) is 6. The van der Waals surface area contributed by atoms with Crippen molar-refractivity contribution in [3.63, 3.8) is 0 Å². The van der Waals surface area contributed by atoms with Crippen molar-refractivity contribution in [1.29, 1.82) is 0 Å². The van der Waals surface area contributed by atoms with Crippen molar-refractivity contribution >= 4 is 52.7 Å². The summed E-state index contributed by atoms with van der Waals surface area (Å²) in [5, 5.41) is 80.0. The van der Waals surface area contributed by atoms with Crippen LogP contribution in [-0.2, 0) is 42.4 Å². The molecule has 32 heteroatoms. The maximum absolute atomic E-state index is 11.7. The molecule has 70 heavy (non-hydrogen) atoms. The highest BCUT2D eigenvalue weighted by Gasteiger charge is 2.27. The van der Waals surface area contributed by atoms with Gasteiger partial charge in [-0.25, -0.2) is 0 Å². The molecule has 2 heterocycles. The molecular formula is C38H73N10O20P2+. The topological polar surface area (TPSA) is 393 Å². The van der Waals surface area contributed by atoms with Gasteiger partial charge in [-0.1, -0.05) is 0 Å². The molecule has 0 aromatic rings. The van der Waals surface area contributed by atoms with Crippen LogP contribution in [0.15, 0.2) is 0 Å². The van der Waals surface area contributed by atoms with Gasteiger partial charge in [-0.15, -0.1) is 9.42 Å². The van der Waals surface area contributed by atoms with E-state index < -0.39 is 78.3 Å². The summed E-state index contributed by atoms with van der Waals surface area (Å²) >= 11 is 0. The van der Waals surface area contributed by atoms with Crippen LogP contribution in [0.25, 0.3) is 0 Å². The lowest BCUT2D eigenvalue weighted by Crippen LogP contribution is -2.51. The molecule has 3 atom stereocenters. The molecule has 0 amide bonds. The van der Waals surface area contributed by atoms with Gasteiger partial charge in [0, 0.05) is 149 Å². The first kappa shape index (κ1) is 62.8. The fraction of sp³-hybridized carbons (Fsp3) is 0.842. The van der Waals surface area contributed by atoms with Crippen LogP contribution in [0.4, 0.5) is 0 Å². The van der Waals surface area contributed by atoms with Gasteiger partial charge in [0.15, 0.2) is 6.73 Å². The minimum atomic E-state index is -3.10. The standard InChI is InChI=1S/C38H72N10O20P2/c49-31(19-39-1-5-41(23-33(51)52)9-13-45(27-37(59)60)14-10-42(6-2-39)24-34(53)54)21-47(29-67-69(63)64)17-18-48(30-68-70(65)66)22-32(50)20-40-3-7-43(25-35(55)56)11-15-46(28-38(61)62)16-12-44(8-4-40)26-36(57)58/h31-32,49-50,63-64H,1-30H2,(H6-,51,52,53,54,55,56,57,58,59,60,61,62,65,66)/p+1. The van der Waals surface area contributed by atoms with E-state index in [-0.39, 0.29) is 183 Å². The second kappa shape index (κ2) is 34.9. The molecule has 0 aliphatic carbocycles. The van der Waals surface area contributed by atoms with Crippen LogP contribution in [0.2, 0.25) is 0 Å². The number of rotatable bonds is 29.